The fourth-order valence-corrected chi connectivity index (χ4v) is 5.98. The van der Waals surface area contributed by atoms with E-state index in [9.17, 15) is 9.59 Å². The van der Waals surface area contributed by atoms with Crippen molar-refractivity contribution >= 4 is 17.8 Å². The van der Waals surface area contributed by atoms with Gasteiger partial charge in [-0.1, -0.05) is 32.0 Å². The van der Waals surface area contributed by atoms with Crippen molar-refractivity contribution in [1.29, 1.82) is 0 Å². The first-order valence-corrected chi connectivity index (χ1v) is 13.7. The molecule has 0 saturated carbocycles. The molecule has 0 aliphatic carbocycles. The Morgan fingerprint density at radius 3 is 2.59 bits per heavy atom. The minimum atomic E-state index is -0.572. The standard InChI is InChI=1S/C30H38N4O5/c1-6-30(7-2)16-25(35)34(28(31)33-30)26-20-14-18(12-13-22(20)38-17-24(26)37-5)27(36)32-21-15-29(3,4)39-23-11-9-8-10-19(21)23/h8-14,21,24,26H,6-7,15-17H2,1-5H3,(H2,31,33)(H,32,36)/t21?,24-,26-/m0/s1. The van der Waals surface area contributed by atoms with Crippen LogP contribution in [0.2, 0.25) is 0 Å². The summed E-state index contributed by atoms with van der Waals surface area (Å²) in [6, 6.07) is 12.3. The van der Waals surface area contributed by atoms with Gasteiger partial charge in [-0.15, -0.1) is 0 Å². The largest absolute Gasteiger partial charge is 0.490 e. The third-order valence-corrected chi connectivity index (χ3v) is 8.27. The Morgan fingerprint density at radius 1 is 1.15 bits per heavy atom. The third-order valence-electron chi connectivity index (χ3n) is 8.27. The van der Waals surface area contributed by atoms with Crippen molar-refractivity contribution < 1.29 is 23.8 Å². The number of amides is 2. The van der Waals surface area contributed by atoms with Crippen LogP contribution in [0.3, 0.4) is 0 Å². The van der Waals surface area contributed by atoms with Crippen molar-refractivity contribution in [2.45, 2.75) is 82.7 Å². The van der Waals surface area contributed by atoms with Gasteiger partial charge in [0, 0.05) is 30.2 Å². The van der Waals surface area contributed by atoms with Crippen molar-refractivity contribution in [1.82, 2.24) is 10.2 Å². The van der Waals surface area contributed by atoms with Crippen LogP contribution < -0.4 is 20.5 Å². The maximum absolute atomic E-state index is 13.6. The SMILES string of the molecule is CCC1(CC)CC(=O)N([C@H]2c3cc(C(=O)NC4CC(C)(C)Oc5ccccc54)ccc3OC[C@@H]2OC)C(N)=N1. The number of methoxy groups -OCH3 is 1. The number of rotatable bonds is 6. The van der Waals surface area contributed by atoms with Crippen LogP contribution in [0, 0.1) is 0 Å². The molecule has 0 saturated heterocycles. The van der Waals surface area contributed by atoms with Crippen molar-refractivity contribution in [2.24, 2.45) is 10.7 Å². The number of hydrogen-bond acceptors (Lipinski definition) is 7. The van der Waals surface area contributed by atoms with Gasteiger partial charge in [0.25, 0.3) is 5.91 Å². The van der Waals surface area contributed by atoms with Crippen molar-refractivity contribution in [3.05, 3.63) is 59.2 Å². The summed E-state index contributed by atoms with van der Waals surface area (Å²) in [6.07, 6.45) is 1.86. The van der Waals surface area contributed by atoms with Gasteiger partial charge < -0.3 is 25.3 Å². The van der Waals surface area contributed by atoms with E-state index in [1.165, 1.54) is 4.90 Å². The number of benzene rings is 2. The van der Waals surface area contributed by atoms with Gasteiger partial charge in [-0.2, -0.15) is 0 Å². The molecule has 3 aliphatic rings. The molecule has 3 aliphatic heterocycles. The monoisotopic (exact) mass is 534 g/mol. The Hall–Kier alpha value is -3.59. The number of hydrogen-bond donors (Lipinski definition) is 2. The Bertz CT molecular complexity index is 1300. The van der Waals surface area contributed by atoms with E-state index in [0.717, 1.165) is 24.2 Å². The molecule has 9 heteroatoms. The van der Waals surface area contributed by atoms with E-state index in [-0.39, 0.29) is 36.8 Å². The number of para-hydroxylation sites is 1. The van der Waals surface area contributed by atoms with Crippen LogP contribution in [0.25, 0.3) is 0 Å². The van der Waals surface area contributed by atoms with E-state index in [1.54, 1.807) is 25.3 Å². The fourth-order valence-electron chi connectivity index (χ4n) is 5.98. The molecule has 0 aromatic heterocycles. The second-order valence-corrected chi connectivity index (χ2v) is 11.3. The molecule has 9 nitrogen and oxygen atoms in total. The maximum atomic E-state index is 13.6. The van der Waals surface area contributed by atoms with Crippen LogP contribution in [-0.4, -0.2) is 53.6 Å². The van der Waals surface area contributed by atoms with Crippen LogP contribution in [0.4, 0.5) is 0 Å². The molecule has 2 aromatic rings. The van der Waals surface area contributed by atoms with Crippen LogP contribution in [0.1, 0.15) is 86.9 Å². The van der Waals surface area contributed by atoms with Gasteiger partial charge in [-0.25, -0.2) is 4.99 Å². The van der Waals surface area contributed by atoms with E-state index < -0.39 is 23.3 Å². The number of nitrogens with zero attached hydrogens (tertiary/aromatic N) is 2. The predicted octanol–water partition coefficient (Wildman–Crippen LogP) is 4.27. The first-order valence-electron chi connectivity index (χ1n) is 13.7. The lowest BCUT2D eigenvalue weighted by molar-refractivity contribution is -0.135. The number of carbonyl (C=O) groups excluding carboxylic acids is 2. The summed E-state index contributed by atoms with van der Waals surface area (Å²) in [5, 5.41) is 3.20. The van der Waals surface area contributed by atoms with Crippen molar-refractivity contribution in [3.63, 3.8) is 0 Å². The van der Waals surface area contributed by atoms with Gasteiger partial charge in [0.2, 0.25) is 5.91 Å². The molecule has 5 rings (SSSR count). The Morgan fingerprint density at radius 2 is 1.90 bits per heavy atom. The smallest absolute Gasteiger partial charge is 0.251 e. The van der Waals surface area contributed by atoms with Gasteiger partial charge >= 0.3 is 0 Å². The van der Waals surface area contributed by atoms with E-state index in [1.807, 2.05) is 52.0 Å². The molecule has 0 spiro atoms. The summed E-state index contributed by atoms with van der Waals surface area (Å²) in [4.78, 5) is 33.4. The zero-order valence-electron chi connectivity index (χ0n) is 23.3. The first kappa shape index (κ1) is 27.0. The molecule has 0 radical (unpaired) electrons. The molecule has 208 valence electrons. The maximum Gasteiger partial charge on any atom is 0.251 e. The molecule has 1 unspecified atom stereocenters. The average molecular weight is 535 g/mol. The van der Waals surface area contributed by atoms with Crippen LogP contribution >= 0.6 is 0 Å². The summed E-state index contributed by atoms with van der Waals surface area (Å²) in [5.41, 5.74) is 7.61. The highest BCUT2D eigenvalue weighted by molar-refractivity contribution is 6.00. The van der Waals surface area contributed by atoms with Gasteiger partial charge in [-0.05, 0) is 51.0 Å². The summed E-state index contributed by atoms with van der Waals surface area (Å²) < 4.78 is 17.8. The molecular formula is C30H38N4O5. The number of nitrogens with one attached hydrogen (secondary N) is 1. The molecular weight excluding hydrogens is 496 g/mol. The molecule has 0 bridgehead atoms. The summed E-state index contributed by atoms with van der Waals surface area (Å²) >= 11 is 0. The second kappa shape index (κ2) is 10.2. The lowest BCUT2D eigenvalue weighted by Gasteiger charge is -2.44. The number of guanidine groups is 1. The summed E-state index contributed by atoms with van der Waals surface area (Å²) in [7, 11) is 1.58. The van der Waals surface area contributed by atoms with Gasteiger partial charge in [0.05, 0.1) is 24.0 Å². The Balaban J connectivity index is 1.48. The minimum absolute atomic E-state index is 0.109. The Labute approximate surface area is 229 Å². The second-order valence-electron chi connectivity index (χ2n) is 11.3. The van der Waals surface area contributed by atoms with Crippen LogP contribution in [-0.2, 0) is 9.53 Å². The van der Waals surface area contributed by atoms with Crippen LogP contribution in [0.5, 0.6) is 11.5 Å². The minimum Gasteiger partial charge on any atom is -0.490 e. The quantitative estimate of drug-likeness (QED) is 0.572. The van der Waals surface area contributed by atoms with Crippen LogP contribution in [0.15, 0.2) is 47.5 Å². The molecule has 3 heterocycles. The van der Waals surface area contributed by atoms with Gasteiger partial charge in [0.15, 0.2) is 5.96 Å². The molecule has 39 heavy (non-hydrogen) atoms. The number of aliphatic imine (C=N–C) groups is 1. The molecule has 2 amide bonds. The normalized spacial score (nSPS) is 24.9. The first-order chi connectivity index (χ1) is 18.6. The molecule has 3 N–H and O–H groups in total. The molecule has 2 aromatic carbocycles. The topological polar surface area (TPSA) is 115 Å². The van der Waals surface area contributed by atoms with E-state index in [0.29, 0.717) is 23.3 Å². The average Bonchev–Trinajstić information content (AvgIpc) is 2.91. The number of fused-ring (bicyclic) bond motifs is 2. The highest BCUT2D eigenvalue weighted by atomic mass is 16.5. The van der Waals surface area contributed by atoms with E-state index in [2.05, 4.69) is 5.32 Å². The number of nitrogens with two attached hydrogens (primary N) is 1. The van der Waals surface area contributed by atoms with Crippen molar-refractivity contribution in [2.75, 3.05) is 13.7 Å². The highest BCUT2D eigenvalue weighted by Crippen LogP contribution is 2.42. The summed E-state index contributed by atoms with van der Waals surface area (Å²) in [6.45, 7) is 8.32. The van der Waals surface area contributed by atoms with Gasteiger partial charge in [0.1, 0.15) is 29.8 Å². The third kappa shape index (κ3) is 4.95. The highest BCUT2D eigenvalue weighted by Gasteiger charge is 2.45. The molecule has 0 fully saturated rings. The fraction of sp³-hybridized carbons (Fsp3) is 0.500. The zero-order valence-corrected chi connectivity index (χ0v) is 23.3. The van der Waals surface area contributed by atoms with E-state index in [4.69, 9.17) is 24.9 Å². The van der Waals surface area contributed by atoms with E-state index >= 15 is 0 Å². The lowest BCUT2D eigenvalue weighted by Crippen LogP contribution is -2.56. The molecule has 3 atom stereocenters. The predicted molar refractivity (Wildman–Crippen MR) is 148 cm³/mol. The lowest BCUT2D eigenvalue weighted by atomic mass is 9.86. The number of carbonyl (C=O) groups is 2. The number of ether oxygens (including phenoxy) is 3. The van der Waals surface area contributed by atoms with Crippen molar-refractivity contribution in [3.8, 4) is 11.5 Å². The zero-order chi connectivity index (χ0) is 27.9. The summed E-state index contributed by atoms with van der Waals surface area (Å²) in [5.74, 6) is 1.20. The van der Waals surface area contributed by atoms with Gasteiger partial charge in [-0.3, -0.25) is 14.5 Å². The Kier molecular flexibility index (Phi) is 7.05.